The van der Waals surface area contributed by atoms with Crippen LogP contribution in [0.3, 0.4) is 0 Å². The zero-order valence-electron chi connectivity index (χ0n) is 6.47. The number of nitrogens with one attached hydrogen (secondary N) is 1. The van der Waals surface area contributed by atoms with Crippen molar-refractivity contribution >= 4 is 5.97 Å². The third-order valence-corrected chi connectivity index (χ3v) is 2.84. The summed E-state index contributed by atoms with van der Waals surface area (Å²) >= 11 is 0. The van der Waals surface area contributed by atoms with Gasteiger partial charge in [0, 0.05) is 0 Å². The van der Waals surface area contributed by atoms with E-state index in [9.17, 15) is 4.79 Å². The van der Waals surface area contributed by atoms with Gasteiger partial charge < -0.3 is 10.4 Å². The van der Waals surface area contributed by atoms with Gasteiger partial charge in [0.25, 0.3) is 0 Å². The van der Waals surface area contributed by atoms with Crippen LogP contribution >= 0.6 is 0 Å². The SMILES string of the molecule is O=C(O)C1(C2CC2)CCCN1. The Morgan fingerprint density at radius 1 is 1.55 bits per heavy atom. The van der Waals surface area contributed by atoms with Gasteiger partial charge in [0.05, 0.1) is 0 Å². The van der Waals surface area contributed by atoms with Gasteiger partial charge in [-0.2, -0.15) is 0 Å². The molecule has 1 atom stereocenters. The van der Waals surface area contributed by atoms with Crippen molar-refractivity contribution in [1.29, 1.82) is 0 Å². The van der Waals surface area contributed by atoms with E-state index in [4.69, 9.17) is 5.11 Å². The van der Waals surface area contributed by atoms with Gasteiger partial charge in [-0.1, -0.05) is 0 Å². The summed E-state index contributed by atoms with van der Waals surface area (Å²) in [6, 6.07) is 0. The van der Waals surface area contributed by atoms with Gasteiger partial charge in [-0.15, -0.1) is 0 Å². The van der Waals surface area contributed by atoms with Crippen molar-refractivity contribution in [3.63, 3.8) is 0 Å². The maximum absolute atomic E-state index is 10.9. The Kier molecular flexibility index (Phi) is 1.42. The van der Waals surface area contributed by atoms with Gasteiger partial charge in [-0.05, 0) is 38.1 Å². The molecule has 0 spiro atoms. The maximum atomic E-state index is 10.9. The molecule has 3 heteroatoms. The Labute approximate surface area is 65.8 Å². The Hall–Kier alpha value is -0.570. The van der Waals surface area contributed by atoms with E-state index < -0.39 is 11.5 Å². The number of carboxylic acid groups (broad SMARTS) is 1. The summed E-state index contributed by atoms with van der Waals surface area (Å²) < 4.78 is 0. The van der Waals surface area contributed by atoms with Gasteiger partial charge in [0.15, 0.2) is 0 Å². The van der Waals surface area contributed by atoms with E-state index in [0.717, 1.165) is 32.2 Å². The Bertz CT molecular complexity index is 181. The minimum atomic E-state index is -0.641. The topological polar surface area (TPSA) is 49.3 Å². The van der Waals surface area contributed by atoms with Crippen LogP contribution in [0.5, 0.6) is 0 Å². The van der Waals surface area contributed by atoms with Crippen LogP contribution in [0.4, 0.5) is 0 Å². The van der Waals surface area contributed by atoms with Gasteiger partial charge >= 0.3 is 5.97 Å². The fourth-order valence-electron chi connectivity index (χ4n) is 2.05. The fourth-order valence-corrected chi connectivity index (χ4v) is 2.05. The largest absolute Gasteiger partial charge is 0.480 e. The number of hydrogen-bond donors (Lipinski definition) is 2. The van der Waals surface area contributed by atoms with Crippen LogP contribution in [0.15, 0.2) is 0 Å². The van der Waals surface area contributed by atoms with Gasteiger partial charge in [-0.3, -0.25) is 4.79 Å². The van der Waals surface area contributed by atoms with Crippen molar-refractivity contribution in [3.05, 3.63) is 0 Å². The second kappa shape index (κ2) is 2.21. The predicted molar refractivity (Wildman–Crippen MR) is 40.3 cm³/mol. The molecule has 2 rings (SSSR count). The lowest BCUT2D eigenvalue weighted by Gasteiger charge is -2.23. The van der Waals surface area contributed by atoms with E-state index >= 15 is 0 Å². The summed E-state index contributed by atoms with van der Waals surface area (Å²) in [5, 5.41) is 12.1. The van der Waals surface area contributed by atoms with Crippen LogP contribution in [0.1, 0.15) is 25.7 Å². The highest BCUT2D eigenvalue weighted by molar-refractivity contribution is 5.80. The molecule has 2 aliphatic rings. The number of aliphatic carboxylic acids is 1. The molecule has 11 heavy (non-hydrogen) atoms. The summed E-state index contributed by atoms with van der Waals surface area (Å²) in [5.74, 6) is -0.222. The molecule has 0 aromatic carbocycles. The first-order chi connectivity index (χ1) is 5.26. The molecule has 62 valence electrons. The van der Waals surface area contributed by atoms with Gasteiger partial charge in [-0.25, -0.2) is 0 Å². The smallest absolute Gasteiger partial charge is 0.324 e. The lowest BCUT2D eigenvalue weighted by Crippen LogP contribution is -2.49. The molecule has 2 N–H and O–H groups in total. The van der Waals surface area contributed by atoms with Crippen LogP contribution in [-0.4, -0.2) is 23.2 Å². The molecule has 0 bridgehead atoms. The van der Waals surface area contributed by atoms with E-state index in [1.807, 2.05) is 0 Å². The van der Waals surface area contributed by atoms with Crippen molar-refractivity contribution in [1.82, 2.24) is 5.32 Å². The molecular formula is C8H13NO2. The monoisotopic (exact) mass is 155 g/mol. The maximum Gasteiger partial charge on any atom is 0.324 e. The number of carboxylic acids is 1. The van der Waals surface area contributed by atoms with Gasteiger partial charge in [0.1, 0.15) is 5.54 Å². The fraction of sp³-hybridized carbons (Fsp3) is 0.875. The van der Waals surface area contributed by atoms with E-state index in [0.29, 0.717) is 5.92 Å². The van der Waals surface area contributed by atoms with Crippen LogP contribution in [0.2, 0.25) is 0 Å². The molecule has 0 aromatic rings. The third-order valence-electron chi connectivity index (χ3n) is 2.84. The highest BCUT2D eigenvalue weighted by Gasteiger charge is 2.52. The molecule has 0 amide bonds. The second-order valence-corrected chi connectivity index (χ2v) is 3.58. The Morgan fingerprint density at radius 3 is 2.64 bits per heavy atom. The van der Waals surface area contributed by atoms with Crippen molar-refractivity contribution in [2.75, 3.05) is 6.54 Å². The number of rotatable bonds is 2. The minimum Gasteiger partial charge on any atom is -0.480 e. The first-order valence-electron chi connectivity index (χ1n) is 4.24. The standard InChI is InChI=1S/C8H13NO2/c10-7(11)8(6-2-3-6)4-1-5-9-8/h6,9H,1-5H2,(H,10,11). The summed E-state index contributed by atoms with van der Waals surface area (Å²) in [4.78, 5) is 10.9. The molecular weight excluding hydrogens is 142 g/mol. The third kappa shape index (κ3) is 0.948. The molecule has 1 unspecified atom stereocenters. The van der Waals surface area contributed by atoms with Crippen LogP contribution in [0.25, 0.3) is 0 Å². The van der Waals surface area contributed by atoms with E-state index in [2.05, 4.69) is 5.32 Å². The number of carbonyl (C=O) groups is 1. The van der Waals surface area contributed by atoms with E-state index in [1.54, 1.807) is 0 Å². The van der Waals surface area contributed by atoms with Crippen LogP contribution < -0.4 is 5.32 Å². The van der Waals surface area contributed by atoms with Crippen molar-refractivity contribution in [3.8, 4) is 0 Å². The van der Waals surface area contributed by atoms with Crippen LogP contribution in [-0.2, 0) is 4.79 Å². The van der Waals surface area contributed by atoms with Crippen molar-refractivity contribution in [2.24, 2.45) is 5.92 Å². The van der Waals surface area contributed by atoms with E-state index in [-0.39, 0.29) is 0 Å². The summed E-state index contributed by atoms with van der Waals surface area (Å²) in [6.07, 6.45) is 4.04. The highest BCUT2D eigenvalue weighted by atomic mass is 16.4. The lowest BCUT2D eigenvalue weighted by atomic mass is 9.92. The molecule has 0 aromatic heterocycles. The second-order valence-electron chi connectivity index (χ2n) is 3.58. The normalized spacial score (nSPS) is 37.5. The summed E-state index contributed by atoms with van der Waals surface area (Å²) in [6.45, 7) is 0.878. The van der Waals surface area contributed by atoms with Crippen molar-refractivity contribution < 1.29 is 9.90 Å². The first kappa shape index (κ1) is 7.10. The Morgan fingerprint density at radius 2 is 2.27 bits per heavy atom. The molecule has 1 saturated carbocycles. The van der Waals surface area contributed by atoms with Crippen LogP contribution in [0, 0.1) is 5.92 Å². The highest BCUT2D eigenvalue weighted by Crippen LogP contribution is 2.44. The average molecular weight is 155 g/mol. The first-order valence-corrected chi connectivity index (χ1v) is 4.24. The van der Waals surface area contributed by atoms with E-state index in [1.165, 1.54) is 0 Å². The molecule has 2 fully saturated rings. The molecule has 1 heterocycles. The Balaban J connectivity index is 2.17. The van der Waals surface area contributed by atoms with Crippen molar-refractivity contribution in [2.45, 2.75) is 31.2 Å². The predicted octanol–water partition coefficient (Wildman–Crippen LogP) is 0.603. The summed E-state index contributed by atoms with van der Waals surface area (Å²) in [5.41, 5.74) is -0.528. The average Bonchev–Trinajstić information content (AvgIpc) is 2.69. The van der Waals surface area contributed by atoms with Gasteiger partial charge in [0.2, 0.25) is 0 Å². The lowest BCUT2D eigenvalue weighted by molar-refractivity contribution is -0.145. The summed E-state index contributed by atoms with van der Waals surface area (Å²) in [7, 11) is 0. The quantitative estimate of drug-likeness (QED) is 0.614. The number of hydrogen-bond acceptors (Lipinski definition) is 2. The molecule has 1 aliphatic carbocycles. The minimum absolute atomic E-state index is 0.419. The zero-order chi connectivity index (χ0) is 7.90. The molecule has 1 aliphatic heterocycles. The zero-order valence-corrected chi connectivity index (χ0v) is 6.47. The molecule has 3 nitrogen and oxygen atoms in total. The molecule has 0 radical (unpaired) electrons. The molecule has 1 saturated heterocycles.